The van der Waals surface area contributed by atoms with Gasteiger partial charge in [0, 0.05) is 6.04 Å². The molecule has 2 rings (SSSR count). The third kappa shape index (κ3) is 2.92. The van der Waals surface area contributed by atoms with Crippen molar-refractivity contribution in [1.82, 2.24) is 5.32 Å². The van der Waals surface area contributed by atoms with Gasteiger partial charge in [-0.3, -0.25) is 10.5 Å². The van der Waals surface area contributed by atoms with E-state index >= 15 is 0 Å². The normalized spacial score (nSPS) is 25.5. The lowest BCUT2D eigenvalue weighted by Crippen LogP contribution is -2.54. The smallest absolute Gasteiger partial charge is 0.267 e. The Morgan fingerprint density at radius 1 is 1.40 bits per heavy atom. The molecule has 86 valence electrons. The first-order valence-corrected chi connectivity index (χ1v) is 5.90. The minimum absolute atomic E-state index is 0.260. The van der Waals surface area contributed by atoms with E-state index in [1.807, 2.05) is 0 Å². The van der Waals surface area contributed by atoms with Crippen molar-refractivity contribution in [3.8, 4) is 0 Å². The Balaban J connectivity index is 1.72. The van der Waals surface area contributed by atoms with Crippen LogP contribution < -0.4 is 11.1 Å². The first kappa shape index (κ1) is 10.9. The van der Waals surface area contributed by atoms with Crippen molar-refractivity contribution in [2.75, 3.05) is 0 Å². The van der Waals surface area contributed by atoms with Gasteiger partial charge in [-0.15, -0.1) is 0 Å². The summed E-state index contributed by atoms with van der Waals surface area (Å²) in [6.07, 6.45) is 7.01. The predicted octanol–water partition coefficient (Wildman–Crippen LogP) is 0.493. The number of hydrogen-bond acceptors (Lipinski definition) is 3. The molecule has 0 bridgehead atoms. The number of carbonyl (C=O) groups is 1. The van der Waals surface area contributed by atoms with Gasteiger partial charge in [0.05, 0.1) is 0 Å². The van der Waals surface area contributed by atoms with Crippen LogP contribution in [0.2, 0.25) is 0 Å². The summed E-state index contributed by atoms with van der Waals surface area (Å²) in [7, 11) is 0. The Hall–Kier alpha value is -0.610. The Kier molecular flexibility index (Phi) is 2.98. The molecule has 1 atom stereocenters. The maximum Gasteiger partial charge on any atom is 0.267 e. The molecule has 4 nitrogen and oxygen atoms in total. The Labute approximate surface area is 90.2 Å². The van der Waals surface area contributed by atoms with Crippen molar-refractivity contribution in [3.05, 3.63) is 0 Å². The molecule has 2 aliphatic carbocycles. The van der Waals surface area contributed by atoms with Crippen LogP contribution in [0.1, 0.15) is 44.9 Å². The van der Waals surface area contributed by atoms with Gasteiger partial charge in [0.15, 0.2) is 5.72 Å². The molecule has 0 heterocycles. The summed E-state index contributed by atoms with van der Waals surface area (Å²) in [5.74, 6) is 0.276. The molecule has 4 N–H and O–H groups in total. The van der Waals surface area contributed by atoms with Crippen molar-refractivity contribution in [1.29, 1.82) is 0 Å². The van der Waals surface area contributed by atoms with Crippen LogP contribution in [-0.4, -0.2) is 22.8 Å². The number of nitrogens with one attached hydrogen (secondary N) is 1. The van der Waals surface area contributed by atoms with Crippen LogP contribution in [-0.2, 0) is 4.79 Å². The Morgan fingerprint density at radius 3 is 2.53 bits per heavy atom. The monoisotopic (exact) mass is 212 g/mol. The van der Waals surface area contributed by atoms with Crippen molar-refractivity contribution in [2.24, 2.45) is 11.7 Å². The second-order valence-corrected chi connectivity index (χ2v) is 5.01. The zero-order valence-corrected chi connectivity index (χ0v) is 9.04. The van der Waals surface area contributed by atoms with E-state index in [1.54, 1.807) is 0 Å². The molecule has 0 saturated heterocycles. The zero-order chi connectivity index (χ0) is 10.9. The van der Waals surface area contributed by atoms with Crippen LogP contribution in [0.15, 0.2) is 0 Å². The first-order chi connectivity index (χ1) is 7.08. The van der Waals surface area contributed by atoms with Gasteiger partial charge in [-0.05, 0) is 31.6 Å². The third-order valence-corrected chi connectivity index (χ3v) is 3.46. The number of hydrogen-bond donors (Lipinski definition) is 3. The van der Waals surface area contributed by atoms with Crippen molar-refractivity contribution >= 4 is 5.91 Å². The summed E-state index contributed by atoms with van der Waals surface area (Å²) < 4.78 is 0. The fourth-order valence-corrected chi connectivity index (χ4v) is 1.86. The van der Waals surface area contributed by atoms with Gasteiger partial charge in [0.1, 0.15) is 0 Å². The molecule has 1 amide bonds. The van der Waals surface area contributed by atoms with Crippen LogP contribution in [0.5, 0.6) is 0 Å². The molecule has 2 fully saturated rings. The highest BCUT2D eigenvalue weighted by atomic mass is 16.3. The van der Waals surface area contributed by atoms with Crippen molar-refractivity contribution in [3.63, 3.8) is 0 Å². The second kappa shape index (κ2) is 4.10. The zero-order valence-electron chi connectivity index (χ0n) is 9.04. The highest BCUT2D eigenvalue weighted by Crippen LogP contribution is 2.31. The van der Waals surface area contributed by atoms with Crippen LogP contribution in [0.4, 0.5) is 0 Å². The average Bonchev–Trinajstić information content (AvgIpc) is 2.84. The van der Waals surface area contributed by atoms with E-state index in [4.69, 9.17) is 5.73 Å². The minimum Gasteiger partial charge on any atom is -0.368 e. The fraction of sp³-hybridized carbons (Fsp3) is 0.909. The van der Waals surface area contributed by atoms with Crippen LogP contribution in [0.3, 0.4) is 0 Å². The Morgan fingerprint density at radius 2 is 2.07 bits per heavy atom. The molecule has 0 unspecified atom stereocenters. The number of amides is 1. The second-order valence-electron chi connectivity index (χ2n) is 5.01. The van der Waals surface area contributed by atoms with E-state index in [0.29, 0.717) is 12.3 Å². The van der Waals surface area contributed by atoms with Gasteiger partial charge in [-0.1, -0.05) is 19.3 Å². The summed E-state index contributed by atoms with van der Waals surface area (Å²) in [4.78, 5) is 11.5. The highest BCUT2D eigenvalue weighted by Gasteiger charge is 2.35. The number of carbonyl (C=O) groups excluding carboxylic acids is 1. The van der Waals surface area contributed by atoms with Crippen molar-refractivity contribution in [2.45, 2.75) is 56.7 Å². The number of aliphatic hydroxyl groups is 1. The van der Waals surface area contributed by atoms with Crippen molar-refractivity contribution < 1.29 is 9.90 Å². The molecule has 0 aromatic carbocycles. The summed E-state index contributed by atoms with van der Waals surface area (Å²) in [5.41, 5.74) is 3.95. The molecular formula is C11H20N2O2. The molecule has 4 heteroatoms. The fourth-order valence-electron chi connectivity index (χ4n) is 1.86. The molecule has 2 aliphatic rings. The topological polar surface area (TPSA) is 75.3 Å². The molecule has 2 saturated carbocycles. The van der Waals surface area contributed by atoms with Crippen LogP contribution in [0, 0.1) is 5.92 Å². The average molecular weight is 212 g/mol. The number of rotatable bonds is 5. The standard InChI is InChI=1S/C11H20N2O2/c12-11(15,7-6-8-2-1-3-8)10(14)13-9-4-5-9/h8-9,15H,1-7,12H2,(H,13,14)/t11-/m1/s1. The third-order valence-electron chi connectivity index (χ3n) is 3.46. The van der Waals surface area contributed by atoms with E-state index in [9.17, 15) is 9.90 Å². The minimum atomic E-state index is -1.65. The van der Waals surface area contributed by atoms with Gasteiger partial charge in [-0.2, -0.15) is 0 Å². The number of nitrogens with two attached hydrogens (primary N) is 1. The van der Waals surface area contributed by atoms with E-state index in [1.165, 1.54) is 19.3 Å². The molecule has 0 aromatic heterocycles. The molecule has 0 spiro atoms. The van der Waals surface area contributed by atoms with E-state index in [-0.39, 0.29) is 6.04 Å². The van der Waals surface area contributed by atoms with E-state index in [0.717, 1.165) is 19.3 Å². The molecule has 0 aliphatic heterocycles. The SMILES string of the molecule is N[C@@](O)(CCC1CCC1)C(=O)NC1CC1. The molecule has 0 aromatic rings. The highest BCUT2D eigenvalue weighted by molar-refractivity contribution is 5.84. The largest absolute Gasteiger partial charge is 0.368 e. The van der Waals surface area contributed by atoms with Gasteiger partial charge in [-0.25, -0.2) is 0 Å². The summed E-state index contributed by atoms with van der Waals surface area (Å²) in [6, 6.07) is 0.260. The van der Waals surface area contributed by atoms with Gasteiger partial charge in [0.2, 0.25) is 0 Å². The lowest BCUT2D eigenvalue weighted by atomic mass is 9.81. The Bertz CT molecular complexity index is 245. The van der Waals surface area contributed by atoms with E-state index in [2.05, 4.69) is 5.32 Å². The van der Waals surface area contributed by atoms with Gasteiger partial charge < -0.3 is 10.4 Å². The maximum atomic E-state index is 11.5. The van der Waals surface area contributed by atoms with Crippen LogP contribution in [0.25, 0.3) is 0 Å². The summed E-state index contributed by atoms with van der Waals surface area (Å²) in [6.45, 7) is 0. The molecular weight excluding hydrogens is 192 g/mol. The quantitative estimate of drug-likeness (QED) is 0.581. The maximum absolute atomic E-state index is 11.5. The van der Waals surface area contributed by atoms with Crippen LogP contribution >= 0.6 is 0 Å². The lowest BCUT2D eigenvalue weighted by Gasteiger charge is -2.29. The predicted molar refractivity (Wildman–Crippen MR) is 56.9 cm³/mol. The first-order valence-electron chi connectivity index (χ1n) is 5.90. The van der Waals surface area contributed by atoms with E-state index < -0.39 is 11.6 Å². The summed E-state index contributed by atoms with van der Waals surface area (Å²) in [5, 5.41) is 12.5. The molecule has 0 radical (unpaired) electrons. The van der Waals surface area contributed by atoms with Gasteiger partial charge in [0.25, 0.3) is 5.91 Å². The molecule has 15 heavy (non-hydrogen) atoms. The summed E-state index contributed by atoms with van der Waals surface area (Å²) >= 11 is 0. The lowest BCUT2D eigenvalue weighted by molar-refractivity contribution is -0.140. The van der Waals surface area contributed by atoms with Gasteiger partial charge >= 0.3 is 0 Å².